The average molecular weight is 279 g/mol. The number of carboxylic acid groups (broad SMARTS) is 1. The van der Waals surface area contributed by atoms with Crippen LogP contribution in [0.5, 0.6) is 0 Å². The molecule has 0 saturated carbocycles. The number of hydrogen-bond acceptors (Lipinski definition) is 4. The lowest BCUT2D eigenvalue weighted by molar-refractivity contribution is -0.135. The van der Waals surface area contributed by atoms with Crippen molar-refractivity contribution in [3.05, 3.63) is 24.3 Å². The maximum Gasteiger partial charge on any atom is 0.323 e. The van der Waals surface area contributed by atoms with E-state index in [0.29, 0.717) is 11.4 Å². The van der Waals surface area contributed by atoms with Crippen LogP contribution in [0, 0.1) is 0 Å². The van der Waals surface area contributed by atoms with Crippen molar-refractivity contribution >= 4 is 23.3 Å². The summed E-state index contributed by atoms with van der Waals surface area (Å²) in [6.45, 7) is 3.51. The third-order valence-corrected chi connectivity index (χ3v) is 3.10. The van der Waals surface area contributed by atoms with Crippen LogP contribution in [0.15, 0.2) is 24.3 Å². The standard InChI is InChI=1S/C14H21N3O3/c1-10(2)16(3)13(18)8-17(9-14(19)20)12-7-5-4-6-11(12)15/h4-7,10H,8-9,15H2,1-3H3,(H,19,20). The molecule has 0 aliphatic rings. The molecular formula is C14H21N3O3. The summed E-state index contributed by atoms with van der Waals surface area (Å²) >= 11 is 0. The predicted molar refractivity (Wildman–Crippen MR) is 78.6 cm³/mol. The first-order valence-corrected chi connectivity index (χ1v) is 6.39. The van der Waals surface area contributed by atoms with E-state index in [-0.39, 0.29) is 25.0 Å². The maximum atomic E-state index is 12.1. The van der Waals surface area contributed by atoms with Gasteiger partial charge in [-0.1, -0.05) is 12.1 Å². The Hall–Kier alpha value is -2.24. The Morgan fingerprint density at radius 1 is 1.25 bits per heavy atom. The van der Waals surface area contributed by atoms with E-state index in [4.69, 9.17) is 10.8 Å². The molecule has 0 saturated heterocycles. The van der Waals surface area contributed by atoms with Gasteiger partial charge in [-0.25, -0.2) is 0 Å². The Balaban J connectivity index is 2.94. The van der Waals surface area contributed by atoms with Gasteiger partial charge in [0.05, 0.1) is 17.9 Å². The SMILES string of the molecule is CC(C)N(C)C(=O)CN(CC(=O)O)c1ccccc1N. The van der Waals surface area contributed by atoms with Gasteiger partial charge < -0.3 is 20.6 Å². The zero-order valence-corrected chi connectivity index (χ0v) is 12.0. The van der Waals surface area contributed by atoms with Gasteiger partial charge in [-0.15, -0.1) is 0 Å². The molecule has 0 spiro atoms. The molecule has 0 fully saturated rings. The third-order valence-electron chi connectivity index (χ3n) is 3.10. The van der Waals surface area contributed by atoms with Crippen LogP contribution < -0.4 is 10.6 Å². The van der Waals surface area contributed by atoms with Crippen molar-refractivity contribution in [3.63, 3.8) is 0 Å². The highest BCUT2D eigenvalue weighted by atomic mass is 16.4. The molecule has 0 aromatic heterocycles. The van der Waals surface area contributed by atoms with Gasteiger partial charge in [-0.2, -0.15) is 0 Å². The molecule has 1 aromatic carbocycles. The second kappa shape index (κ2) is 6.79. The number of rotatable bonds is 6. The molecule has 0 aliphatic carbocycles. The molecule has 6 nitrogen and oxygen atoms in total. The highest BCUT2D eigenvalue weighted by Gasteiger charge is 2.20. The molecule has 0 bridgehead atoms. The van der Waals surface area contributed by atoms with E-state index in [9.17, 15) is 9.59 Å². The van der Waals surface area contributed by atoms with Crippen LogP contribution in [0.1, 0.15) is 13.8 Å². The molecule has 20 heavy (non-hydrogen) atoms. The van der Waals surface area contributed by atoms with E-state index in [0.717, 1.165) is 0 Å². The Kier molecular flexibility index (Phi) is 5.37. The largest absolute Gasteiger partial charge is 0.480 e. The summed E-state index contributed by atoms with van der Waals surface area (Å²) in [5.41, 5.74) is 6.86. The zero-order valence-electron chi connectivity index (χ0n) is 12.0. The number of nitrogens with two attached hydrogens (primary N) is 1. The summed E-state index contributed by atoms with van der Waals surface area (Å²) in [5, 5.41) is 8.99. The highest BCUT2D eigenvalue weighted by molar-refractivity contribution is 5.86. The summed E-state index contributed by atoms with van der Waals surface area (Å²) in [6.07, 6.45) is 0. The van der Waals surface area contributed by atoms with Gasteiger partial charge in [0.15, 0.2) is 0 Å². The molecule has 0 atom stereocenters. The minimum atomic E-state index is -1.01. The van der Waals surface area contributed by atoms with Crippen molar-refractivity contribution < 1.29 is 14.7 Å². The normalized spacial score (nSPS) is 10.4. The molecule has 1 aromatic rings. The first-order chi connectivity index (χ1) is 9.32. The van der Waals surface area contributed by atoms with Crippen molar-refractivity contribution in [2.75, 3.05) is 30.8 Å². The Labute approximate surface area is 118 Å². The quantitative estimate of drug-likeness (QED) is 0.759. The van der Waals surface area contributed by atoms with Gasteiger partial charge >= 0.3 is 5.97 Å². The monoisotopic (exact) mass is 279 g/mol. The lowest BCUT2D eigenvalue weighted by Crippen LogP contribution is -2.43. The van der Waals surface area contributed by atoms with E-state index in [1.165, 1.54) is 4.90 Å². The van der Waals surface area contributed by atoms with E-state index < -0.39 is 5.97 Å². The van der Waals surface area contributed by atoms with E-state index >= 15 is 0 Å². The van der Waals surface area contributed by atoms with E-state index in [1.807, 2.05) is 13.8 Å². The van der Waals surface area contributed by atoms with Crippen molar-refractivity contribution in [1.82, 2.24) is 4.90 Å². The molecule has 0 unspecified atom stereocenters. The number of carbonyl (C=O) groups excluding carboxylic acids is 1. The zero-order chi connectivity index (χ0) is 15.3. The number of carboxylic acids is 1. The molecule has 6 heteroatoms. The second-order valence-electron chi connectivity index (χ2n) is 4.91. The minimum Gasteiger partial charge on any atom is -0.480 e. The summed E-state index contributed by atoms with van der Waals surface area (Å²) in [6, 6.07) is 6.97. The molecule has 3 N–H and O–H groups in total. The van der Waals surface area contributed by atoms with E-state index in [2.05, 4.69) is 0 Å². The van der Waals surface area contributed by atoms with Gasteiger partial charge in [0.25, 0.3) is 0 Å². The fourth-order valence-corrected chi connectivity index (χ4v) is 1.73. The Morgan fingerprint density at radius 2 is 1.85 bits per heavy atom. The molecule has 0 aliphatic heterocycles. The summed E-state index contributed by atoms with van der Waals surface area (Å²) < 4.78 is 0. The highest BCUT2D eigenvalue weighted by Crippen LogP contribution is 2.22. The third kappa shape index (κ3) is 4.15. The number of aliphatic carboxylic acids is 1. The maximum absolute atomic E-state index is 12.1. The number of anilines is 2. The predicted octanol–water partition coefficient (Wildman–Crippen LogP) is 1.03. The first-order valence-electron chi connectivity index (χ1n) is 6.39. The topological polar surface area (TPSA) is 86.9 Å². The van der Waals surface area contributed by atoms with Crippen LogP contribution in [0.2, 0.25) is 0 Å². The van der Waals surface area contributed by atoms with Crippen molar-refractivity contribution in [2.45, 2.75) is 19.9 Å². The summed E-state index contributed by atoms with van der Waals surface area (Å²) in [4.78, 5) is 26.1. The second-order valence-corrected chi connectivity index (χ2v) is 4.91. The van der Waals surface area contributed by atoms with Gasteiger partial charge in [-0.3, -0.25) is 9.59 Å². The Bertz CT molecular complexity index is 488. The van der Waals surface area contributed by atoms with Crippen LogP contribution in [-0.4, -0.2) is 48.1 Å². The molecule has 0 radical (unpaired) electrons. The smallest absolute Gasteiger partial charge is 0.323 e. The van der Waals surface area contributed by atoms with Gasteiger partial charge in [0.2, 0.25) is 5.91 Å². The number of benzene rings is 1. The fourth-order valence-electron chi connectivity index (χ4n) is 1.73. The number of para-hydroxylation sites is 2. The number of likely N-dealkylation sites (N-methyl/N-ethyl adjacent to an activating group) is 1. The van der Waals surface area contributed by atoms with Crippen molar-refractivity contribution in [3.8, 4) is 0 Å². The van der Waals surface area contributed by atoms with Gasteiger partial charge in [0, 0.05) is 13.1 Å². The lowest BCUT2D eigenvalue weighted by Gasteiger charge is -2.28. The fraction of sp³-hybridized carbons (Fsp3) is 0.429. The van der Waals surface area contributed by atoms with Crippen LogP contribution >= 0.6 is 0 Å². The number of hydrogen-bond donors (Lipinski definition) is 2. The van der Waals surface area contributed by atoms with Crippen LogP contribution in [0.3, 0.4) is 0 Å². The molecule has 1 amide bonds. The molecule has 0 heterocycles. The van der Waals surface area contributed by atoms with Crippen LogP contribution in [0.4, 0.5) is 11.4 Å². The Morgan fingerprint density at radius 3 is 2.35 bits per heavy atom. The van der Waals surface area contributed by atoms with Crippen LogP contribution in [-0.2, 0) is 9.59 Å². The average Bonchev–Trinajstić information content (AvgIpc) is 2.36. The summed E-state index contributed by atoms with van der Waals surface area (Å²) in [5.74, 6) is -1.15. The lowest BCUT2D eigenvalue weighted by atomic mass is 10.2. The molecule has 1 rings (SSSR count). The number of amides is 1. The van der Waals surface area contributed by atoms with E-state index in [1.54, 1.807) is 36.2 Å². The number of carbonyl (C=O) groups is 2. The number of nitrogen functional groups attached to an aromatic ring is 1. The number of nitrogens with zero attached hydrogens (tertiary/aromatic N) is 2. The van der Waals surface area contributed by atoms with Crippen LogP contribution in [0.25, 0.3) is 0 Å². The van der Waals surface area contributed by atoms with Crippen molar-refractivity contribution in [2.24, 2.45) is 0 Å². The van der Waals surface area contributed by atoms with Gasteiger partial charge in [-0.05, 0) is 26.0 Å². The molecular weight excluding hydrogens is 258 g/mol. The molecule has 110 valence electrons. The minimum absolute atomic E-state index is 0.0187. The van der Waals surface area contributed by atoms with Crippen molar-refractivity contribution in [1.29, 1.82) is 0 Å². The first kappa shape index (κ1) is 15.8. The van der Waals surface area contributed by atoms with Gasteiger partial charge in [0.1, 0.15) is 6.54 Å². The summed E-state index contributed by atoms with van der Waals surface area (Å²) in [7, 11) is 1.69.